The van der Waals surface area contributed by atoms with Gasteiger partial charge in [0.1, 0.15) is 0 Å². The Bertz CT molecular complexity index is 806. The molecule has 5 nitrogen and oxygen atoms in total. The van der Waals surface area contributed by atoms with E-state index in [0.717, 1.165) is 0 Å². The number of ether oxygens (including phenoxy) is 1. The molecule has 7 heteroatoms. The number of hydrogen-bond acceptors (Lipinski definition) is 4. The lowest BCUT2D eigenvalue weighted by Crippen LogP contribution is -2.30. The van der Waals surface area contributed by atoms with E-state index in [1.165, 1.54) is 29.6 Å². The van der Waals surface area contributed by atoms with Crippen LogP contribution in [0.15, 0.2) is 53.4 Å². The van der Waals surface area contributed by atoms with Crippen LogP contribution in [0.2, 0.25) is 5.02 Å². The fourth-order valence-corrected chi connectivity index (χ4v) is 3.84. The van der Waals surface area contributed by atoms with Gasteiger partial charge in [0, 0.05) is 6.54 Å². The number of para-hydroxylation sites is 1. The SMILES string of the molecule is CCN(c1ccccc1)S(=O)(=O)c1ccc(Cl)c(C(=O)OC)c1. The standard InChI is InChI=1S/C16H16ClNO4S/c1-3-18(12-7-5-4-6-8-12)23(20,21)13-9-10-15(17)14(11-13)16(19)22-2/h4-11H,3H2,1-2H3. The second kappa shape index (κ2) is 7.02. The van der Waals surface area contributed by atoms with Gasteiger partial charge >= 0.3 is 5.97 Å². The van der Waals surface area contributed by atoms with Gasteiger partial charge < -0.3 is 4.74 Å². The number of hydrogen-bond donors (Lipinski definition) is 0. The van der Waals surface area contributed by atoms with Crippen molar-refractivity contribution in [2.45, 2.75) is 11.8 Å². The highest BCUT2D eigenvalue weighted by molar-refractivity contribution is 7.92. The maximum absolute atomic E-state index is 12.9. The van der Waals surface area contributed by atoms with E-state index in [1.54, 1.807) is 31.2 Å². The molecule has 0 aliphatic heterocycles. The van der Waals surface area contributed by atoms with Crippen LogP contribution in [0.1, 0.15) is 17.3 Å². The molecule has 0 atom stereocenters. The Labute approximate surface area is 140 Å². The fraction of sp³-hybridized carbons (Fsp3) is 0.188. The smallest absolute Gasteiger partial charge is 0.339 e. The molecule has 0 radical (unpaired) electrons. The van der Waals surface area contributed by atoms with Gasteiger partial charge in [-0.3, -0.25) is 4.31 Å². The number of anilines is 1. The topological polar surface area (TPSA) is 63.7 Å². The summed E-state index contributed by atoms with van der Waals surface area (Å²) in [5.41, 5.74) is 0.559. The number of halogens is 1. The third-order valence-corrected chi connectivity index (χ3v) is 5.49. The van der Waals surface area contributed by atoms with Gasteiger partial charge in [-0.1, -0.05) is 29.8 Å². The van der Waals surface area contributed by atoms with Crippen molar-refractivity contribution >= 4 is 33.3 Å². The number of esters is 1. The van der Waals surface area contributed by atoms with Gasteiger partial charge in [0.05, 0.1) is 28.3 Å². The Kier molecular flexibility index (Phi) is 5.28. The molecule has 0 aromatic heterocycles. The van der Waals surface area contributed by atoms with E-state index in [0.29, 0.717) is 5.69 Å². The van der Waals surface area contributed by atoms with Crippen LogP contribution in [-0.2, 0) is 14.8 Å². The highest BCUT2D eigenvalue weighted by Crippen LogP contribution is 2.26. The molecule has 0 unspecified atom stereocenters. The average Bonchev–Trinajstić information content (AvgIpc) is 2.55. The molecule has 0 amide bonds. The second-order valence-corrected chi connectivity index (χ2v) is 6.91. The minimum absolute atomic E-state index is 0.0133. The molecule has 0 spiro atoms. The Morgan fingerprint density at radius 2 is 1.83 bits per heavy atom. The number of rotatable bonds is 5. The third-order valence-electron chi connectivity index (χ3n) is 3.26. The third kappa shape index (κ3) is 3.48. The summed E-state index contributed by atoms with van der Waals surface area (Å²) in [6.45, 7) is 1.99. The van der Waals surface area contributed by atoms with E-state index >= 15 is 0 Å². The normalized spacial score (nSPS) is 11.1. The maximum atomic E-state index is 12.9. The molecule has 0 heterocycles. The molecule has 0 aliphatic carbocycles. The zero-order valence-corrected chi connectivity index (χ0v) is 14.3. The van der Waals surface area contributed by atoms with Crippen LogP contribution in [-0.4, -0.2) is 28.0 Å². The van der Waals surface area contributed by atoms with Crippen LogP contribution in [0.25, 0.3) is 0 Å². The summed E-state index contributed by atoms with van der Waals surface area (Å²) < 4.78 is 31.6. The van der Waals surface area contributed by atoms with Gasteiger partial charge in [-0.2, -0.15) is 0 Å². The summed E-state index contributed by atoms with van der Waals surface area (Å²) >= 11 is 5.94. The molecule has 122 valence electrons. The summed E-state index contributed by atoms with van der Waals surface area (Å²) in [7, 11) is -2.61. The van der Waals surface area contributed by atoms with Crippen molar-refractivity contribution in [1.82, 2.24) is 0 Å². The molecule has 0 N–H and O–H groups in total. The molecule has 0 bridgehead atoms. The van der Waals surface area contributed by atoms with Crippen LogP contribution in [0.5, 0.6) is 0 Å². The molecule has 0 saturated carbocycles. The lowest BCUT2D eigenvalue weighted by atomic mass is 10.2. The van der Waals surface area contributed by atoms with Gasteiger partial charge in [0.25, 0.3) is 10.0 Å². The van der Waals surface area contributed by atoms with Crippen molar-refractivity contribution in [2.24, 2.45) is 0 Å². The summed E-state index contributed by atoms with van der Waals surface area (Å²) in [4.78, 5) is 11.7. The largest absolute Gasteiger partial charge is 0.465 e. The van der Waals surface area contributed by atoms with Gasteiger partial charge in [0.15, 0.2) is 0 Å². The minimum atomic E-state index is -3.82. The number of benzene rings is 2. The molecule has 2 aromatic carbocycles. The van der Waals surface area contributed by atoms with Crippen LogP contribution in [0.4, 0.5) is 5.69 Å². The number of sulfonamides is 1. The Balaban J connectivity index is 2.53. The first-order valence-electron chi connectivity index (χ1n) is 6.87. The summed E-state index contributed by atoms with van der Waals surface area (Å²) in [6.07, 6.45) is 0. The van der Waals surface area contributed by atoms with Crippen molar-refractivity contribution in [2.75, 3.05) is 18.0 Å². The molecular formula is C16H16ClNO4S. The highest BCUT2D eigenvalue weighted by Gasteiger charge is 2.25. The average molecular weight is 354 g/mol. The number of carbonyl (C=O) groups is 1. The molecule has 0 aliphatic rings. The van der Waals surface area contributed by atoms with E-state index in [2.05, 4.69) is 4.74 Å². The maximum Gasteiger partial charge on any atom is 0.339 e. The first-order chi connectivity index (χ1) is 10.9. The van der Waals surface area contributed by atoms with Crippen LogP contribution < -0.4 is 4.31 Å². The first-order valence-corrected chi connectivity index (χ1v) is 8.69. The van der Waals surface area contributed by atoms with E-state index in [9.17, 15) is 13.2 Å². The molecule has 0 fully saturated rings. The first kappa shape index (κ1) is 17.3. The fourth-order valence-electron chi connectivity index (χ4n) is 2.14. The number of carbonyl (C=O) groups excluding carboxylic acids is 1. The monoisotopic (exact) mass is 353 g/mol. The zero-order valence-electron chi connectivity index (χ0n) is 12.7. The predicted molar refractivity (Wildman–Crippen MR) is 89.4 cm³/mol. The van der Waals surface area contributed by atoms with Gasteiger partial charge in [-0.05, 0) is 37.3 Å². The number of methoxy groups -OCH3 is 1. The molecule has 2 aromatic rings. The molecule has 2 rings (SSSR count). The summed E-state index contributed by atoms with van der Waals surface area (Å²) in [6, 6.07) is 12.7. The Morgan fingerprint density at radius 3 is 2.39 bits per heavy atom. The van der Waals surface area contributed by atoms with Crippen molar-refractivity contribution in [3.8, 4) is 0 Å². The van der Waals surface area contributed by atoms with E-state index in [4.69, 9.17) is 11.6 Å². The number of nitrogens with zero attached hydrogens (tertiary/aromatic N) is 1. The van der Waals surface area contributed by atoms with Gasteiger partial charge in [-0.15, -0.1) is 0 Å². The van der Waals surface area contributed by atoms with E-state index < -0.39 is 16.0 Å². The quantitative estimate of drug-likeness (QED) is 0.773. The minimum Gasteiger partial charge on any atom is -0.465 e. The van der Waals surface area contributed by atoms with Crippen molar-refractivity contribution in [1.29, 1.82) is 0 Å². The lowest BCUT2D eigenvalue weighted by molar-refractivity contribution is 0.0600. The zero-order chi connectivity index (χ0) is 17.0. The van der Waals surface area contributed by atoms with Crippen molar-refractivity contribution < 1.29 is 17.9 Å². The Hall–Kier alpha value is -2.05. The molecule has 23 heavy (non-hydrogen) atoms. The molecular weight excluding hydrogens is 338 g/mol. The van der Waals surface area contributed by atoms with E-state index in [1.807, 2.05) is 6.07 Å². The van der Waals surface area contributed by atoms with Crippen molar-refractivity contribution in [3.05, 3.63) is 59.1 Å². The Morgan fingerprint density at radius 1 is 1.17 bits per heavy atom. The van der Waals surface area contributed by atoms with Crippen LogP contribution >= 0.6 is 11.6 Å². The van der Waals surface area contributed by atoms with Gasteiger partial charge in [-0.25, -0.2) is 13.2 Å². The van der Waals surface area contributed by atoms with Crippen molar-refractivity contribution in [3.63, 3.8) is 0 Å². The summed E-state index contributed by atoms with van der Waals surface area (Å²) in [5.74, 6) is -0.685. The van der Waals surface area contributed by atoms with Crippen LogP contribution in [0.3, 0.4) is 0 Å². The van der Waals surface area contributed by atoms with Gasteiger partial charge in [0.2, 0.25) is 0 Å². The van der Waals surface area contributed by atoms with Crippen LogP contribution in [0, 0.1) is 0 Å². The second-order valence-electron chi connectivity index (χ2n) is 4.64. The van der Waals surface area contributed by atoms with E-state index in [-0.39, 0.29) is 22.0 Å². The molecule has 0 saturated heterocycles. The predicted octanol–water partition coefficient (Wildman–Crippen LogP) is 3.34. The summed E-state index contributed by atoms with van der Waals surface area (Å²) in [5, 5.41) is 0.138. The highest BCUT2D eigenvalue weighted by atomic mass is 35.5. The lowest BCUT2D eigenvalue weighted by Gasteiger charge is -2.23.